The van der Waals surface area contributed by atoms with Crippen LogP contribution < -0.4 is 10.4 Å². The van der Waals surface area contributed by atoms with Crippen molar-refractivity contribution in [3.8, 4) is 0 Å². The van der Waals surface area contributed by atoms with E-state index < -0.39 is 17.3 Å². The van der Waals surface area contributed by atoms with Gasteiger partial charge in [-0.05, 0) is 23.8 Å². The van der Waals surface area contributed by atoms with E-state index >= 15 is 0 Å². The number of fused-ring (bicyclic) bond motifs is 2. The van der Waals surface area contributed by atoms with Gasteiger partial charge in [0.05, 0.1) is 5.92 Å². The van der Waals surface area contributed by atoms with Crippen molar-refractivity contribution >= 4 is 11.9 Å². The largest absolute Gasteiger partial charge is 0.550 e. The number of nitrogens with one attached hydrogen (secondary N) is 1. The van der Waals surface area contributed by atoms with Gasteiger partial charge in [0.15, 0.2) is 0 Å². The normalized spacial score (nSPS) is 33.1. The summed E-state index contributed by atoms with van der Waals surface area (Å²) in [4.78, 5) is 24.1. The van der Waals surface area contributed by atoms with Crippen molar-refractivity contribution in [1.82, 2.24) is 5.32 Å². The van der Waals surface area contributed by atoms with Gasteiger partial charge in [0, 0.05) is 17.9 Å². The number of carboxylic acid groups (broad SMARTS) is 1. The SMILES string of the molecule is C[C@@]1(C(=O)[O-])[C@@H]2C=C[C@@H](C2)[C@H]1C(=O)NCc1ccccc1. The van der Waals surface area contributed by atoms with Gasteiger partial charge < -0.3 is 15.2 Å². The molecule has 4 heteroatoms. The minimum absolute atomic E-state index is 0.00803. The van der Waals surface area contributed by atoms with Crippen LogP contribution in [-0.4, -0.2) is 11.9 Å². The second kappa shape index (κ2) is 5.02. The van der Waals surface area contributed by atoms with Crippen LogP contribution in [0.2, 0.25) is 0 Å². The first-order valence-electron chi connectivity index (χ1n) is 7.25. The van der Waals surface area contributed by atoms with Crippen LogP contribution >= 0.6 is 0 Å². The molecule has 0 unspecified atom stereocenters. The van der Waals surface area contributed by atoms with Gasteiger partial charge in [-0.1, -0.05) is 49.4 Å². The van der Waals surface area contributed by atoms with Crippen LogP contribution in [0.5, 0.6) is 0 Å². The third-order valence-electron chi connectivity index (χ3n) is 4.99. The van der Waals surface area contributed by atoms with Crippen molar-refractivity contribution in [3.63, 3.8) is 0 Å². The molecule has 0 radical (unpaired) electrons. The number of rotatable bonds is 4. The van der Waals surface area contributed by atoms with Crippen LogP contribution in [0.25, 0.3) is 0 Å². The first-order valence-corrected chi connectivity index (χ1v) is 7.25. The first kappa shape index (κ1) is 13.9. The van der Waals surface area contributed by atoms with Gasteiger partial charge in [-0.3, -0.25) is 4.79 Å². The highest BCUT2D eigenvalue weighted by molar-refractivity contribution is 5.88. The van der Waals surface area contributed by atoms with E-state index in [2.05, 4.69) is 5.32 Å². The summed E-state index contributed by atoms with van der Waals surface area (Å²) in [5.41, 5.74) is -0.0973. The maximum Gasteiger partial charge on any atom is 0.224 e. The van der Waals surface area contributed by atoms with Gasteiger partial charge in [-0.15, -0.1) is 0 Å². The van der Waals surface area contributed by atoms with Crippen LogP contribution in [0.4, 0.5) is 0 Å². The Balaban J connectivity index is 1.75. The Labute approximate surface area is 123 Å². The zero-order chi connectivity index (χ0) is 15.0. The molecule has 4 nitrogen and oxygen atoms in total. The molecule has 21 heavy (non-hydrogen) atoms. The van der Waals surface area contributed by atoms with Gasteiger partial charge >= 0.3 is 0 Å². The molecule has 1 amide bonds. The highest BCUT2D eigenvalue weighted by atomic mass is 16.4. The number of amides is 1. The molecule has 0 aromatic heterocycles. The smallest absolute Gasteiger partial charge is 0.224 e. The van der Waals surface area contributed by atoms with Gasteiger partial charge in [0.25, 0.3) is 0 Å². The van der Waals surface area contributed by atoms with E-state index in [0.29, 0.717) is 6.54 Å². The number of carbonyl (C=O) groups excluding carboxylic acids is 2. The van der Waals surface area contributed by atoms with Crippen LogP contribution in [0.1, 0.15) is 18.9 Å². The van der Waals surface area contributed by atoms with E-state index in [4.69, 9.17) is 0 Å². The Kier molecular flexibility index (Phi) is 3.32. The van der Waals surface area contributed by atoms with E-state index in [1.54, 1.807) is 6.92 Å². The lowest BCUT2D eigenvalue weighted by molar-refractivity contribution is -0.321. The number of aliphatic carboxylic acids is 1. The fourth-order valence-corrected chi connectivity index (χ4v) is 3.73. The van der Waals surface area contributed by atoms with Gasteiger partial charge in [0.2, 0.25) is 5.91 Å². The molecular formula is C17H18NO3-. The summed E-state index contributed by atoms with van der Waals surface area (Å²) in [6.07, 6.45) is 4.62. The minimum atomic E-state index is -1.13. The zero-order valence-electron chi connectivity index (χ0n) is 11.9. The molecule has 0 saturated heterocycles. The minimum Gasteiger partial charge on any atom is -0.550 e. The van der Waals surface area contributed by atoms with E-state index in [1.165, 1.54) is 0 Å². The molecule has 0 aliphatic heterocycles. The van der Waals surface area contributed by atoms with Gasteiger partial charge in [0.1, 0.15) is 0 Å². The van der Waals surface area contributed by atoms with E-state index in [1.807, 2.05) is 42.5 Å². The third kappa shape index (κ3) is 2.15. The zero-order valence-corrected chi connectivity index (χ0v) is 11.9. The lowest BCUT2D eigenvalue weighted by Crippen LogP contribution is -2.52. The molecule has 4 atom stereocenters. The number of hydrogen-bond donors (Lipinski definition) is 1. The predicted octanol–water partition coefficient (Wildman–Crippen LogP) is 0.881. The molecule has 2 aliphatic carbocycles. The number of carboxylic acids is 1. The molecule has 110 valence electrons. The lowest BCUT2D eigenvalue weighted by Gasteiger charge is -2.38. The Morgan fingerprint density at radius 1 is 1.29 bits per heavy atom. The Morgan fingerprint density at radius 2 is 2.00 bits per heavy atom. The number of carbonyl (C=O) groups is 2. The monoisotopic (exact) mass is 284 g/mol. The molecule has 0 spiro atoms. The molecule has 2 bridgehead atoms. The average Bonchev–Trinajstić information content (AvgIpc) is 3.05. The summed E-state index contributed by atoms with van der Waals surface area (Å²) in [7, 11) is 0. The lowest BCUT2D eigenvalue weighted by atomic mass is 9.69. The van der Waals surface area contributed by atoms with Crippen molar-refractivity contribution in [3.05, 3.63) is 48.0 Å². The average molecular weight is 284 g/mol. The third-order valence-corrected chi connectivity index (χ3v) is 4.99. The Morgan fingerprint density at radius 3 is 2.67 bits per heavy atom. The summed E-state index contributed by atoms with van der Waals surface area (Å²) in [6, 6.07) is 9.59. The van der Waals surface area contributed by atoms with Crippen LogP contribution in [0, 0.1) is 23.2 Å². The molecule has 1 fully saturated rings. The summed E-state index contributed by atoms with van der Waals surface area (Å²) in [6.45, 7) is 2.06. The maximum atomic E-state index is 12.5. The quantitative estimate of drug-likeness (QED) is 0.835. The van der Waals surface area contributed by atoms with Crippen molar-refractivity contribution in [1.29, 1.82) is 0 Å². The highest BCUT2D eigenvalue weighted by Crippen LogP contribution is 2.55. The fraction of sp³-hybridized carbons (Fsp3) is 0.412. The number of allylic oxidation sites excluding steroid dienone is 2. The van der Waals surface area contributed by atoms with Crippen LogP contribution in [-0.2, 0) is 16.1 Å². The standard InChI is InChI=1S/C17H19NO3/c1-17(16(20)21)13-8-7-12(9-13)14(17)15(19)18-10-11-5-3-2-4-6-11/h2-8,12-14H,9-10H2,1H3,(H,18,19)(H,20,21)/p-1/t12-,13+,14-,17+/m0/s1. The molecule has 0 heterocycles. The van der Waals surface area contributed by atoms with Crippen molar-refractivity contribution in [2.45, 2.75) is 19.9 Å². The van der Waals surface area contributed by atoms with Gasteiger partial charge in [-0.2, -0.15) is 0 Å². The predicted molar refractivity (Wildman–Crippen MR) is 75.6 cm³/mol. The topological polar surface area (TPSA) is 69.2 Å². The Hall–Kier alpha value is -2.10. The summed E-state index contributed by atoms with van der Waals surface area (Å²) in [5, 5.41) is 14.4. The molecule has 2 aliphatic rings. The second-order valence-electron chi connectivity index (χ2n) is 6.14. The molecule has 1 aromatic carbocycles. The summed E-state index contributed by atoms with van der Waals surface area (Å²) < 4.78 is 0. The van der Waals surface area contributed by atoms with E-state index in [9.17, 15) is 14.7 Å². The van der Waals surface area contributed by atoms with Crippen molar-refractivity contribution in [2.75, 3.05) is 0 Å². The Bertz CT molecular complexity index is 595. The van der Waals surface area contributed by atoms with E-state index in [-0.39, 0.29) is 17.7 Å². The van der Waals surface area contributed by atoms with Crippen LogP contribution in [0.15, 0.2) is 42.5 Å². The maximum absolute atomic E-state index is 12.5. The second-order valence-corrected chi connectivity index (χ2v) is 6.14. The molecule has 1 N–H and O–H groups in total. The van der Waals surface area contributed by atoms with Crippen molar-refractivity contribution in [2.24, 2.45) is 23.2 Å². The van der Waals surface area contributed by atoms with E-state index in [0.717, 1.165) is 12.0 Å². The number of hydrogen-bond acceptors (Lipinski definition) is 3. The molecule has 1 aromatic rings. The highest BCUT2D eigenvalue weighted by Gasteiger charge is 2.56. The van der Waals surface area contributed by atoms with Crippen molar-refractivity contribution < 1.29 is 14.7 Å². The summed E-state index contributed by atoms with van der Waals surface area (Å²) >= 11 is 0. The number of benzene rings is 1. The molecule has 3 rings (SSSR count). The van der Waals surface area contributed by atoms with Gasteiger partial charge in [-0.25, -0.2) is 0 Å². The molecule has 1 saturated carbocycles. The first-order chi connectivity index (χ1) is 10.0. The fourth-order valence-electron chi connectivity index (χ4n) is 3.73. The summed E-state index contributed by atoms with van der Waals surface area (Å²) in [5.74, 6) is -1.95. The van der Waals surface area contributed by atoms with Crippen LogP contribution in [0.3, 0.4) is 0 Å². The molecular weight excluding hydrogens is 266 g/mol.